The summed E-state index contributed by atoms with van der Waals surface area (Å²) >= 11 is 0. The molecule has 1 aromatic carbocycles. The number of fused-ring (bicyclic) bond motifs is 3. The number of aromatic nitrogens is 2. The van der Waals surface area contributed by atoms with Gasteiger partial charge in [-0.3, -0.25) is 9.59 Å². The van der Waals surface area contributed by atoms with Crippen LogP contribution in [0.4, 0.5) is 0 Å². The van der Waals surface area contributed by atoms with Crippen molar-refractivity contribution >= 4 is 22.8 Å². The normalized spacial score (nSPS) is 26.1. The van der Waals surface area contributed by atoms with Crippen molar-refractivity contribution in [3.63, 3.8) is 0 Å². The first-order valence-electron chi connectivity index (χ1n) is 11.1. The van der Waals surface area contributed by atoms with Gasteiger partial charge in [-0.15, -0.1) is 0 Å². The molecule has 162 valence electrons. The minimum atomic E-state index is -1.06. The minimum absolute atomic E-state index is 0.116. The van der Waals surface area contributed by atoms with Crippen molar-refractivity contribution in [1.29, 1.82) is 0 Å². The summed E-state index contributed by atoms with van der Waals surface area (Å²) in [6, 6.07) is 11.4. The van der Waals surface area contributed by atoms with Gasteiger partial charge in [0.05, 0.1) is 30.4 Å². The van der Waals surface area contributed by atoms with Gasteiger partial charge in [-0.1, -0.05) is 31.9 Å². The summed E-state index contributed by atoms with van der Waals surface area (Å²) in [5.41, 5.74) is 0.570. The molecule has 1 fully saturated rings. The van der Waals surface area contributed by atoms with Crippen LogP contribution in [-0.2, 0) is 17.9 Å². The van der Waals surface area contributed by atoms with Crippen molar-refractivity contribution in [1.82, 2.24) is 19.8 Å². The predicted molar refractivity (Wildman–Crippen MR) is 116 cm³/mol. The SMILES string of the molecule is C[C@@H]1CCCC[C@@H]1NC(=O)[C@]1(C)Cn2c(nc3ccccc32)C(=O)N1Cc1ccco1. The van der Waals surface area contributed by atoms with Crippen molar-refractivity contribution in [2.24, 2.45) is 5.92 Å². The lowest BCUT2D eigenvalue weighted by atomic mass is 9.85. The largest absolute Gasteiger partial charge is 0.467 e. The van der Waals surface area contributed by atoms with Crippen LogP contribution in [0.1, 0.15) is 55.9 Å². The highest BCUT2D eigenvalue weighted by Gasteiger charge is 2.49. The molecule has 0 spiro atoms. The van der Waals surface area contributed by atoms with Gasteiger partial charge >= 0.3 is 0 Å². The number of nitrogens with one attached hydrogen (secondary N) is 1. The predicted octanol–water partition coefficient (Wildman–Crippen LogP) is 3.74. The molecule has 7 nitrogen and oxygen atoms in total. The van der Waals surface area contributed by atoms with Gasteiger partial charge in [-0.2, -0.15) is 0 Å². The van der Waals surface area contributed by atoms with Crippen LogP contribution >= 0.6 is 0 Å². The van der Waals surface area contributed by atoms with Gasteiger partial charge in [0, 0.05) is 6.04 Å². The number of hydrogen-bond donors (Lipinski definition) is 1. The molecule has 3 heterocycles. The van der Waals surface area contributed by atoms with E-state index in [-0.39, 0.29) is 24.4 Å². The van der Waals surface area contributed by atoms with Crippen LogP contribution < -0.4 is 5.32 Å². The Morgan fingerprint density at radius 1 is 1.23 bits per heavy atom. The van der Waals surface area contributed by atoms with Crippen molar-refractivity contribution in [2.75, 3.05) is 0 Å². The third-order valence-electron chi connectivity index (χ3n) is 6.96. The Balaban J connectivity index is 1.54. The van der Waals surface area contributed by atoms with E-state index in [0.29, 0.717) is 24.0 Å². The average molecular weight is 421 g/mol. The van der Waals surface area contributed by atoms with Gasteiger partial charge in [0.25, 0.3) is 5.91 Å². The highest BCUT2D eigenvalue weighted by atomic mass is 16.3. The van der Waals surface area contributed by atoms with E-state index in [1.165, 1.54) is 6.42 Å². The van der Waals surface area contributed by atoms with Gasteiger partial charge < -0.3 is 19.2 Å². The third kappa shape index (κ3) is 3.32. The maximum Gasteiger partial charge on any atom is 0.291 e. The summed E-state index contributed by atoms with van der Waals surface area (Å²) in [6.07, 6.45) is 6.01. The first-order valence-corrected chi connectivity index (χ1v) is 11.1. The number of imidazole rings is 1. The number of benzene rings is 1. The molecule has 5 rings (SSSR count). The van der Waals surface area contributed by atoms with Gasteiger partial charge in [-0.05, 0) is 49.9 Å². The Hall–Kier alpha value is -3.09. The fraction of sp³-hybridized carbons (Fsp3) is 0.458. The second-order valence-corrected chi connectivity index (χ2v) is 9.10. The molecule has 2 amide bonds. The van der Waals surface area contributed by atoms with E-state index in [0.717, 1.165) is 30.3 Å². The van der Waals surface area contributed by atoms with Crippen LogP contribution in [0.3, 0.4) is 0 Å². The van der Waals surface area contributed by atoms with Crippen molar-refractivity contribution < 1.29 is 14.0 Å². The van der Waals surface area contributed by atoms with Crippen LogP contribution in [0.25, 0.3) is 11.0 Å². The number of nitrogens with zero attached hydrogens (tertiary/aromatic N) is 3. The zero-order valence-electron chi connectivity index (χ0n) is 18.0. The van der Waals surface area contributed by atoms with Gasteiger partial charge in [-0.25, -0.2) is 4.98 Å². The zero-order valence-corrected chi connectivity index (χ0v) is 18.0. The average Bonchev–Trinajstić information content (AvgIpc) is 3.41. The van der Waals surface area contributed by atoms with E-state index in [1.54, 1.807) is 17.2 Å². The lowest BCUT2D eigenvalue weighted by Gasteiger charge is -2.44. The quantitative estimate of drug-likeness (QED) is 0.697. The third-order valence-corrected chi connectivity index (χ3v) is 6.96. The Morgan fingerprint density at radius 2 is 2.03 bits per heavy atom. The number of amides is 2. The van der Waals surface area contributed by atoms with Crippen LogP contribution in [0.15, 0.2) is 47.1 Å². The summed E-state index contributed by atoms with van der Waals surface area (Å²) in [6.45, 7) is 4.62. The molecule has 1 aliphatic heterocycles. The Kier molecular flexibility index (Phi) is 4.84. The molecule has 3 atom stereocenters. The number of furan rings is 1. The fourth-order valence-electron chi connectivity index (χ4n) is 4.99. The molecule has 0 bridgehead atoms. The molecule has 3 aromatic rings. The standard InChI is InChI=1S/C24H28N4O3/c1-16-8-3-4-10-18(16)26-23(30)24(2)15-27-20-12-6-5-11-19(20)25-21(27)22(29)28(24)14-17-9-7-13-31-17/h5-7,9,11-13,16,18H,3-4,8,10,14-15H2,1-2H3,(H,26,30)/t16-,18+,24+/m1/s1. The number of carbonyl (C=O) groups is 2. The first-order chi connectivity index (χ1) is 15.0. The maximum atomic E-state index is 13.7. The van der Waals surface area contributed by atoms with E-state index in [9.17, 15) is 9.59 Å². The monoisotopic (exact) mass is 420 g/mol. The van der Waals surface area contributed by atoms with Crippen molar-refractivity contribution in [3.8, 4) is 0 Å². The molecule has 2 aliphatic rings. The molecule has 2 aromatic heterocycles. The number of hydrogen-bond acceptors (Lipinski definition) is 4. The molecule has 7 heteroatoms. The highest BCUT2D eigenvalue weighted by Crippen LogP contribution is 2.33. The van der Waals surface area contributed by atoms with Crippen LogP contribution in [-0.4, -0.2) is 37.8 Å². The van der Waals surface area contributed by atoms with Gasteiger partial charge in [0.2, 0.25) is 5.91 Å². The first kappa shape index (κ1) is 19.8. The molecule has 0 radical (unpaired) electrons. The summed E-state index contributed by atoms with van der Waals surface area (Å²) in [4.78, 5) is 33.5. The van der Waals surface area contributed by atoms with E-state index in [2.05, 4.69) is 17.2 Å². The number of para-hydroxylation sites is 2. The van der Waals surface area contributed by atoms with E-state index in [1.807, 2.05) is 41.8 Å². The lowest BCUT2D eigenvalue weighted by molar-refractivity contribution is -0.134. The lowest BCUT2D eigenvalue weighted by Crippen LogP contribution is -2.65. The van der Waals surface area contributed by atoms with Gasteiger partial charge in [0.1, 0.15) is 11.3 Å². The Labute approximate surface area is 181 Å². The molecule has 1 aliphatic carbocycles. The van der Waals surface area contributed by atoms with E-state index >= 15 is 0 Å². The second-order valence-electron chi connectivity index (χ2n) is 9.10. The number of carbonyl (C=O) groups excluding carboxylic acids is 2. The second kappa shape index (κ2) is 7.55. The van der Waals surface area contributed by atoms with Gasteiger partial charge in [0.15, 0.2) is 5.82 Å². The Bertz CT molecular complexity index is 1120. The highest BCUT2D eigenvalue weighted by molar-refractivity contribution is 6.01. The fourth-order valence-corrected chi connectivity index (χ4v) is 4.99. The minimum Gasteiger partial charge on any atom is -0.467 e. The Morgan fingerprint density at radius 3 is 2.81 bits per heavy atom. The zero-order chi connectivity index (χ0) is 21.6. The molecule has 1 N–H and O–H groups in total. The van der Waals surface area contributed by atoms with E-state index in [4.69, 9.17) is 4.42 Å². The molecule has 0 unspecified atom stereocenters. The van der Waals surface area contributed by atoms with Crippen LogP contribution in [0.2, 0.25) is 0 Å². The van der Waals surface area contributed by atoms with Crippen LogP contribution in [0, 0.1) is 5.92 Å². The molecule has 31 heavy (non-hydrogen) atoms. The number of rotatable bonds is 4. The van der Waals surface area contributed by atoms with Crippen molar-refractivity contribution in [2.45, 2.75) is 64.2 Å². The topological polar surface area (TPSA) is 80.4 Å². The summed E-state index contributed by atoms with van der Waals surface area (Å²) in [5, 5.41) is 3.28. The smallest absolute Gasteiger partial charge is 0.291 e. The van der Waals surface area contributed by atoms with E-state index < -0.39 is 5.54 Å². The molecule has 1 saturated carbocycles. The van der Waals surface area contributed by atoms with Crippen LogP contribution in [0.5, 0.6) is 0 Å². The summed E-state index contributed by atoms with van der Waals surface area (Å²) in [5.74, 6) is 1.07. The summed E-state index contributed by atoms with van der Waals surface area (Å²) < 4.78 is 7.41. The summed E-state index contributed by atoms with van der Waals surface area (Å²) in [7, 11) is 0. The molecular weight excluding hydrogens is 392 g/mol. The molecular formula is C24H28N4O3. The van der Waals surface area contributed by atoms with Crippen molar-refractivity contribution in [3.05, 3.63) is 54.2 Å². The maximum absolute atomic E-state index is 13.7. The molecule has 0 saturated heterocycles.